The van der Waals surface area contributed by atoms with E-state index in [-0.39, 0.29) is 24.5 Å². The topological polar surface area (TPSA) is 46.6 Å². The lowest BCUT2D eigenvalue weighted by atomic mass is 9.98. The van der Waals surface area contributed by atoms with Crippen molar-refractivity contribution < 1.29 is 14.3 Å². The number of ether oxygens (including phenoxy) is 1. The van der Waals surface area contributed by atoms with Crippen LogP contribution < -0.4 is 0 Å². The molecule has 3 rings (SSSR count). The van der Waals surface area contributed by atoms with Crippen molar-refractivity contribution in [2.45, 2.75) is 38.6 Å². The van der Waals surface area contributed by atoms with Gasteiger partial charge in [0.2, 0.25) is 5.91 Å². The van der Waals surface area contributed by atoms with Crippen LogP contribution in [0.4, 0.5) is 4.79 Å². The monoisotopic (exact) mass is 313 g/mol. The van der Waals surface area contributed by atoms with Crippen molar-refractivity contribution in [3.63, 3.8) is 0 Å². The predicted molar refractivity (Wildman–Crippen MR) is 87.8 cm³/mol. The van der Waals surface area contributed by atoms with Gasteiger partial charge in [0.1, 0.15) is 6.61 Å². The van der Waals surface area contributed by atoms with Crippen LogP contribution in [0.5, 0.6) is 0 Å². The first kappa shape index (κ1) is 15.8. The smallest absolute Gasteiger partial charge is 0.417 e. The van der Waals surface area contributed by atoms with E-state index in [1.165, 1.54) is 17.7 Å². The maximum absolute atomic E-state index is 12.9. The van der Waals surface area contributed by atoms with E-state index in [0.717, 1.165) is 12.0 Å². The van der Waals surface area contributed by atoms with E-state index in [4.69, 9.17) is 4.74 Å². The van der Waals surface area contributed by atoms with Crippen molar-refractivity contribution in [2.24, 2.45) is 11.8 Å². The lowest BCUT2D eigenvalue weighted by Crippen LogP contribution is -2.43. The molecule has 122 valence electrons. The second kappa shape index (κ2) is 6.99. The molecule has 1 aliphatic heterocycles. The number of nitrogens with zero attached hydrogens (tertiary/aromatic N) is 1. The molecule has 4 nitrogen and oxygen atoms in total. The van der Waals surface area contributed by atoms with Crippen molar-refractivity contribution in [1.82, 2.24) is 4.90 Å². The molecule has 2 aliphatic rings. The van der Waals surface area contributed by atoms with Crippen LogP contribution in [0.15, 0.2) is 42.5 Å². The average molecular weight is 313 g/mol. The number of hydrogen-bond donors (Lipinski definition) is 0. The van der Waals surface area contributed by atoms with Crippen molar-refractivity contribution in [2.75, 3.05) is 6.61 Å². The number of carbonyl (C=O) groups is 2. The third-order valence-corrected chi connectivity index (χ3v) is 4.54. The SMILES string of the molecule is C/C=C/C(CC1CC1)C(=O)N1C(=O)OCC1Cc1ccccc1. The molecule has 2 atom stereocenters. The van der Waals surface area contributed by atoms with E-state index < -0.39 is 6.09 Å². The molecule has 1 heterocycles. The molecule has 2 amide bonds. The van der Waals surface area contributed by atoms with E-state index in [1.54, 1.807) is 0 Å². The second-order valence-corrected chi connectivity index (χ2v) is 6.44. The summed E-state index contributed by atoms with van der Waals surface area (Å²) in [4.78, 5) is 26.3. The molecular weight excluding hydrogens is 290 g/mol. The second-order valence-electron chi connectivity index (χ2n) is 6.44. The van der Waals surface area contributed by atoms with Gasteiger partial charge in [0.15, 0.2) is 0 Å². The predicted octanol–water partition coefficient (Wildman–Crippen LogP) is 3.57. The molecule has 0 N–H and O–H groups in total. The summed E-state index contributed by atoms with van der Waals surface area (Å²) < 4.78 is 5.16. The first-order valence-electron chi connectivity index (χ1n) is 8.35. The molecule has 2 unspecified atom stereocenters. The summed E-state index contributed by atoms with van der Waals surface area (Å²) in [5.41, 5.74) is 1.11. The lowest BCUT2D eigenvalue weighted by molar-refractivity contribution is -0.132. The Kier molecular flexibility index (Phi) is 4.79. The highest BCUT2D eigenvalue weighted by atomic mass is 16.6. The molecule has 1 aromatic rings. The van der Waals surface area contributed by atoms with Crippen LogP contribution in [0, 0.1) is 11.8 Å². The largest absolute Gasteiger partial charge is 0.447 e. The first-order chi connectivity index (χ1) is 11.2. The van der Waals surface area contributed by atoms with Crippen LogP contribution in [0.25, 0.3) is 0 Å². The highest BCUT2D eigenvalue weighted by Crippen LogP contribution is 2.36. The zero-order valence-electron chi connectivity index (χ0n) is 13.5. The summed E-state index contributed by atoms with van der Waals surface area (Å²) >= 11 is 0. The highest BCUT2D eigenvalue weighted by Gasteiger charge is 2.41. The fourth-order valence-corrected chi connectivity index (χ4v) is 3.15. The molecule has 1 aromatic carbocycles. The number of benzene rings is 1. The molecule has 1 aliphatic carbocycles. The first-order valence-corrected chi connectivity index (χ1v) is 8.35. The molecule has 0 spiro atoms. The summed E-state index contributed by atoms with van der Waals surface area (Å²) in [6.45, 7) is 2.20. The van der Waals surface area contributed by atoms with Crippen molar-refractivity contribution in [3.05, 3.63) is 48.0 Å². The number of hydrogen-bond acceptors (Lipinski definition) is 3. The lowest BCUT2D eigenvalue weighted by Gasteiger charge is -2.23. The van der Waals surface area contributed by atoms with Crippen LogP contribution in [-0.2, 0) is 16.0 Å². The van der Waals surface area contributed by atoms with E-state index in [2.05, 4.69) is 0 Å². The van der Waals surface area contributed by atoms with Crippen LogP contribution >= 0.6 is 0 Å². The molecule has 0 radical (unpaired) electrons. The standard InChI is InChI=1S/C19H23NO3/c1-2-6-16(11-15-9-10-15)18(21)20-17(13-23-19(20)22)12-14-7-4-3-5-8-14/h2-8,15-17H,9-13H2,1H3/b6-2+. The van der Waals surface area contributed by atoms with Gasteiger partial charge in [0.05, 0.1) is 12.0 Å². The Morgan fingerprint density at radius 2 is 2.09 bits per heavy atom. The van der Waals surface area contributed by atoms with Gasteiger partial charge in [-0.1, -0.05) is 55.3 Å². The summed E-state index contributed by atoms with van der Waals surface area (Å²) in [6.07, 6.45) is 7.19. The van der Waals surface area contributed by atoms with Crippen LogP contribution in [-0.4, -0.2) is 29.5 Å². The Morgan fingerprint density at radius 1 is 1.35 bits per heavy atom. The Labute approximate surface area is 137 Å². The molecule has 23 heavy (non-hydrogen) atoms. The van der Waals surface area contributed by atoms with E-state index in [0.29, 0.717) is 12.3 Å². The fraction of sp³-hybridized carbons (Fsp3) is 0.474. The highest BCUT2D eigenvalue weighted by molar-refractivity contribution is 5.95. The number of carbonyl (C=O) groups excluding carboxylic acids is 2. The molecule has 1 saturated carbocycles. The van der Waals surface area contributed by atoms with Crippen LogP contribution in [0.1, 0.15) is 31.7 Å². The minimum atomic E-state index is -0.499. The van der Waals surface area contributed by atoms with Gasteiger partial charge < -0.3 is 4.74 Å². The summed E-state index contributed by atoms with van der Waals surface area (Å²) in [6, 6.07) is 9.71. The summed E-state index contributed by atoms with van der Waals surface area (Å²) in [7, 11) is 0. The maximum Gasteiger partial charge on any atom is 0.417 e. The molecule has 1 saturated heterocycles. The zero-order valence-corrected chi connectivity index (χ0v) is 13.5. The summed E-state index contributed by atoms with van der Waals surface area (Å²) in [5.74, 6) is 0.307. The van der Waals surface area contributed by atoms with Crippen molar-refractivity contribution in [1.29, 1.82) is 0 Å². The van der Waals surface area contributed by atoms with Gasteiger partial charge >= 0.3 is 6.09 Å². The van der Waals surface area contributed by atoms with Crippen molar-refractivity contribution >= 4 is 12.0 Å². The molecule has 0 aromatic heterocycles. The molecule has 2 fully saturated rings. The van der Waals surface area contributed by atoms with Gasteiger partial charge in [-0.25, -0.2) is 9.69 Å². The third kappa shape index (κ3) is 3.81. The number of allylic oxidation sites excluding steroid dienone is 1. The molecule has 4 heteroatoms. The number of cyclic esters (lactones) is 1. The Morgan fingerprint density at radius 3 is 2.74 bits per heavy atom. The van der Waals surface area contributed by atoms with Gasteiger partial charge in [-0.2, -0.15) is 0 Å². The Bertz CT molecular complexity index is 592. The van der Waals surface area contributed by atoms with E-state index in [1.807, 2.05) is 49.4 Å². The van der Waals surface area contributed by atoms with E-state index >= 15 is 0 Å². The Balaban J connectivity index is 1.73. The van der Waals surface area contributed by atoms with Crippen LogP contribution in [0.3, 0.4) is 0 Å². The maximum atomic E-state index is 12.9. The normalized spacial score (nSPS) is 22.4. The minimum absolute atomic E-state index is 0.113. The average Bonchev–Trinajstić information content (AvgIpc) is 3.30. The molecule has 0 bridgehead atoms. The van der Waals surface area contributed by atoms with Gasteiger partial charge in [-0.15, -0.1) is 0 Å². The van der Waals surface area contributed by atoms with Crippen LogP contribution in [0.2, 0.25) is 0 Å². The Hall–Kier alpha value is -2.10. The zero-order chi connectivity index (χ0) is 16.2. The molecular formula is C19H23NO3. The van der Waals surface area contributed by atoms with Gasteiger partial charge in [0.25, 0.3) is 0 Å². The van der Waals surface area contributed by atoms with Gasteiger partial charge in [0, 0.05) is 0 Å². The number of imide groups is 1. The van der Waals surface area contributed by atoms with Gasteiger partial charge in [-0.05, 0) is 31.2 Å². The number of amides is 2. The number of rotatable bonds is 6. The van der Waals surface area contributed by atoms with Crippen molar-refractivity contribution in [3.8, 4) is 0 Å². The minimum Gasteiger partial charge on any atom is -0.447 e. The quantitative estimate of drug-likeness (QED) is 0.754. The summed E-state index contributed by atoms with van der Waals surface area (Å²) in [5, 5.41) is 0. The van der Waals surface area contributed by atoms with Gasteiger partial charge in [-0.3, -0.25) is 4.79 Å². The fourth-order valence-electron chi connectivity index (χ4n) is 3.15. The van der Waals surface area contributed by atoms with E-state index in [9.17, 15) is 9.59 Å². The third-order valence-electron chi connectivity index (χ3n) is 4.54.